The van der Waals surface area contributed by atoms with Gasteiger partial charge in [0.2, 0.25) is 0 Å². The van der Waals surface area contributed by atoms with E-state index >= 15 is 0 Å². The maximum absolute atomic E-state index is 12.9. The first-order chi connectivity index (χ1) is 10.8. The molecule has 0 fully saturated rings. The summed E-state index contributed by atoms with van der Waals surface area (Å²) < 4.78 is 6.94. The largest absolute Gasteiger partial charge is 0.497 e. The van der Waals surface area contributed by atoms with Crippen molar-refractivity contribution in [2.24, 2.45) is 0 Å². The number of methoxy groups -OCH3 is 1. The van der Waals surface area contributed by atoms with Crippen molar-refractivity contribution in [1.82, 2.24) is 4.68 Å². The number of carbonyl (C=O) groups excluding carboxylic acids is 1. The van der Waals surface area contributed by atoms with Crippen molar-refractivity contribution < 1.29 is 9.53 Å². The predicted octanol–water partition coefficient (Wildman–Crippen LogP) is 3.61. The van der Waals surface area contributed by atoms with Gasteiger partial charge in [-0.05, 0) is 48.5 Å². The molecule has 0 aliphatic rings. The van der Waals surface area contributed by atoms with E-state index in [9.17, 15) is 4.79 Å². The summed E-state index contributed by atoms with van der Waals surface area (Å²) in [4.78, 5) is 12.9. The van der Waals surface area contributed by atoms with Crippen LogP contribution in [0.25, 0.3) is 0 Å². The van der Waals surface area contributed by atoms with Crippen LogP contribution < -0.4 is 9.75 Å². The summed E-state index contributed by atoms with van der Waals surface area (Å²) >= 11 is 0. The van der Waals surface area contributed by atoms with E-state index in [-0.39, 0.29) is 5.91 Å². The minimum absolute atomic E-state index is 0.0954. The smallest absolute Gasteiger partial charge is 0.277 e. The number of carbonyl (C=O) groups is 1. The van der Waals surface area contributed by atoms with Gasteiger partial charge in [0.1, 0.15) is 5.75 Å². The van der Waals surface area contributed by atoms with Gasteiger partial charge in [-0.2, -0.15) is 0 Å². The molecule has 22 heavy (non-hydrogen) atoms. The van der Waals surface area contributed by atoms with Gasteiger partial charge >= 0.3 is 0 Å². The van der Waals surface area contributed by atoms with Crippen LogP contribution in [0.5, 0.6) is 5.75 Å². The summed E-state index contributed by atoms with van der Waals surface area (Å²) in [6.45, 7) is 0. The lowest BCUT2D eigenvalue weighted by molar-refractivity contribution is 0.0976. The second kappa shape index (κ2) is 6.18. The zero-order chi connectivity index (χ0) is 15.4. The fraction of sp³-hybridized carbons (Fsp3) is 0.0556. The number of hydrogen-bond acceptors (Lipinski definition) is 2. The molecule has 4 heteroatoms. The molecule has 3 rings (SSSR count). The lowest BCUT2D eigenvalue weighted by Gasteiger charge is -2.24. The Labute approximate surface area is 129 Å². The third-order valence-corrected chi connectivity index (χ3v) is 3.35. The molecule has 0 radical (unpaired) electrons. The molecule has 1 heterocycles. The van der Waals surface area contributed by atoms with E-state index in [1.165, 1.54) is 0 Å². The summed E-state index contributed by atoms with van der Waals surface area (Å²) in [5.41, 5.74) is 1.40. The standard InChI is InChI=1S/C18H16N2O2/c1-22-17-11-9-16(10-12-17)20(19-13-5-6-14-19)18(21)15-7-3-2-4-8-15/h2-14H,1H3. The van der Waals surface area contributed by atoms with E-state index < -0.39 is 0 Å². The number of benzene rings is 2. The number of aromatic nitrogens is 1. The number of rotatable bonds is 4. The van der Waals surface area contributed by atoms with Gasteiger partial charge in [-0.25, -0.2) is 5.01 Å². The number of ether oxygens (including phenoxy) is 1. The number of amides is 1. The summed E-state index contributed by atoms with van der Waals surface area (Å²) in [6, 6.07) is 20.4. The van der Waals surface area contributed by atoms with Gasteiger partial charge in [0.15, 0.2) is 0 Å². The van der Waals surface area contributed by atoms with Crippen LogP contribution >= 0.6 is 0 Å². The van der Waals surface area contributed by atoms with E-state index in [1.54, 1.807) is 16.8 Å². The molecule has 0 saturated carbocycles. The zero-order valence-electron chi connectivity index (χ0n) is 12.2. The monoisotopic (exact) mass is 292 g/mol. The molecule has 3 aromatic rings. The van der Waals surface area contributed by atoms with Crippen molar-refractivity contribution in [3.63, 3.8) is 0 Å². The molecule has 110 valence electrons. The molecule has 0 aliphatic carbocycles. The average Bonchev–Trinajstić information content (AvgIpc) is 3.10. The fourth-order valence-corrected chi connectivity index (χ4v) is 2.24. The van der Waals surface area contributed by atoms with Crippen molar-refractivity contribution in [3.05, 3.63) is 84.7 Å². The third-order valence-electron chi connectivity index (χ3n) is 3.35. The van der Waals surface area contributed by atoms with E-state index in [2.05, 4.69) is 0 Å². The van der Waals surface area contributed by atoms with Crippen molar-refractivity contribution >= 4 is 11.6 Å². The second-order valence-corrected chi connectivity index (χ2v) is 4.74. The Kier molecular flexibility index (Phi) is 3.92. The summed E-state index contributed by atoms with van der Waals surface area (Å²) in [5, 5.41) is 1.62. The Balaban J connectivity index is 2.02. The predicted molar refractivity (Wildman–Crippen MR) is 86.1 cm³/mol. The van der Waals surface area contributed by atoms with Gasteiger partial charge in [0.25, 0.3) is 5.91 Å². The zero-order valence-corrected chi connectivity index (χ0v) is 12.2. The Morgan fingerprint density at radius 3 is 2.14 bits per heavy atom. The first kappa shape index (κ1) is 13.9. The van der Waals surface area contributed by atoms with Gasteiger partial charge < -0.3 is 4.74 Å². The number of hydrogen-bond donors (Lipinski definition) is 0. The topological polar surface area (TPSA) is 34.5 Å². The number of nitrogens with zero attached hydrogens (tertiary/aromatic N) is 2. The van der Waals surface area contributed by atoms with Crippen molar-refractivity contribution in [3.8, 4) is 5.75 Å². The molecule has 0 saturated heterocycles. The Morgan fingerprint density at radius 1 is 0.909 bits per heavy atom. The average molecular weight is 292 g/mol. The van der Waals surface area contributed by atoms with E-state index in [1.807, 2.05) is 79.1 Å². The molecule has 0 unspecified atom stereocenters. The van der Waals surface area contributed by atoms with Gasteiger partial charge in [0, 0.05) is 18.0 Å². The minimum Gasteiger partial charge on any atom is -0.497 e. The summed E-state index contributed by atoms with van der Waals surface area (Å²) in [6.07, 6.45) is 3.68. The third kappa shape index (κ3) is 2.72. The molecule has 0 aliphatic heterocycles. The highest BCUT2D eigenvalue weighted by Gasteiger charge is 2.18. The van der Waals surface area contributed by atoms with E-state index in [0.29, 0.717) is 5.56 Å². The first-order valence-corrected chi connectivity index (χ1v) is 6.96. The minimum atomic E-state index is -0.0954. The SMILES string of the molecule is COc1ccc(N(C(=O)c2ccccc2)n2cccc2)cc1. The molecule has 1 amide bonds. The van der Waals surface area contributed by atoms with Crippen molar-refractivity contribution in [2.75, 3.05) is 12.1 Å². The Bertz CT molecular complexity index is 735. The first-order valence-electron chi connectivity index (χ1n) is 6.96. The quantitative estimate of drug-likeness (QED) is 0.736. The highest BCUT2D eigenvalue weighted by molar-refractivity contribution is 6.05. The maximum atomic E-state index is 12.9. The van der Waals surface area contributed by atoms with E-state index in [4.69, 9.17) is 4.74 Å². The van der Waals surface area contributed by atoms with Crippen LogP contribution in [-0.4, -0.2) is 17.7 Å². The van der Waals surface area contributed by atoms with Crippen LogP contribution in [0.4, 0.5) is 5.69 Å². The Hall–Kier alpha value is -3.01. The molecular formula is C18H16N2O2. The van der Waals surface area contributed by atoms with Crippen LogP contribution in [0.15, 0.2) is 79.1 Å². The lowest BCUT2D eigenvalue weighted by Crippen LogP contribution is -2.35. The van der Waals surface area contributed by atoms with Gasteiger partial charge in [-0.3, -0.25) is 9.47 Å². The van der Waals surface area contributed by atoms with Gasteiger partial charge in [-0.15, -0.1) is 0 Å². The van der Waals surface area contributed by atoms with Crippen molar-refractivity contribution in [1.29, 1.82) is 0 Å². The molecule has 4 nitrogen and oxygen atoms in total. The van der Waals surface area contributed by atoms with Gasteiger partial charge in [-0.1, -0.05) is 18.2 Å². The fourth-order valence-electron chi connectivity index (χ4n) is 2.24. The molecule has 2 aromatic carbocycles. The lowest BCUT2D eigenvalue weighted by atomic mass is 10.2. The second-order valence-electron chi connectivity index (χ2n) is 4.74. The van der Waals surface area contributed by atoms with Crippen LogP contribution in [-0.2, 0) is 0 Å². The van der Waals surface area contributed by atoms with Crippen LogP contribution in [0.2, 0.25) is 0 Å². The Morgan fingerprint density at radius 2 is 1.55 bits per heavy atom. The van der Waals surface area contributed by atoms with E-state index in [0.717, 1.165) is 11.4 Å². The molecular weight excluding hydrogens is 276 g/mol. The summed E-state index contributed by atoms with van der Waals surface area (Å²) in [7, 11) is 1.62. The normalized spacial score (nSPS) is 10.2. The molecule has 0 spiro atoms. The van der Waals surface area contributed by atoms with Crippen LogP contribution in [0, 0.1) is 0 Å². The molecule has 0 bridgehead atoms. The molecule has 0 N–H and O–H groups in total. The highest BCUT2D eigenvalue weighted by Crippen LogP contribution is 2.22. The van der Waals surface area contributed by atoms with Gasteiger partial charge in [0.05, 0.1) is 12.8 Å². The summed E-state index contributed by atoms with van der Waals surface area (Å²) in [5.74, 6) is 0.658. The van der Waals surface area contributed by atoms with Crippen LogP contribution in [0.3, 0.4) is 0 Å². The molecule has 0 atom stereocenters. The highest BCUT2D eigenvalue weighted by atomic mass is 16.5. The van der Waals surface area contributed by atoms with Crippen molar-refractivity contribution in [2.45, 2.75) is 0 Å². The van der Waals surface area contributed by atoms with Crippen LogP contribution in [0.1, 0.15) is 10.4 Å². The number of anilines is 1. The maximum Gasteiger partial charge on any atom is 0.277 e. The molecule has 1 aromatic heterocycles.